The van der Waals surface area contributed by atoms with Crippen LogP contribution < -0.4 is 10.6 Å². The fraction of sp³-hybridized carbons (Fsp3) is 0.643. The molecular formula is C14H22N4O. The number of rotatable bonds is 5. The van der Waals surface area contributed by atoms with Crippen LogP contribution in [0.2, 0.25) is 0 Å². The summed E-state index contributed by atoms with van der Waals surface area (Å²) in [5.41, 5.74) is 1.10. The molecule has 5 heteroatoms. The molecule has 104 valence electrons. The molecule has 0 radical (unpaired) electrons. The van der Waals surface area contributed by atoms with Crippen molar-refractivity contribution in [2.45, 2.75) is 51.0 Å². The van der Waals surface area contributed by atoms with Crippen LogP contribution in [-0.4, -0.2) is 29.0 Å². The molecule has 1 saturated carbocycles. The third-order valence-electron chi connectivity index (χ3n) is 3.73. The maximum Gasteiger partial charge on any atom is 0.242 e. The number of anilines is 1. The molecule has 0 spiro atoms. The van der Waals surface area contributed by atoms with Crippen molar-refractivity contribution in [2.24, 2.45) is 0 Å². The van der Waals surface area contributed by atoms with Crippen molar-refractivity contribution < 1.29 is 4.79 Å². The molecular weight excluding hydrogens is 240 g/mol. The average Bonchev–Trinajstić information content (AvgIpc) is 2.98. The predicted molar refractivity (Wildman–Crippen MR) is 75.0 cm³/mol. The molecule has 1 atom stereocenters. The maximum absolute atomic E-state index is 11.7. The quantitative estimate of drug-likeness (QED) is 0.852. The molecule has 0 saturated heterocycles. The van der Waals surface area contributed by atoms with Gasteiger partial charge in [0.2, 0.25) is 11.9 Å². The highest BCUT2D eigenvalue weighted by Gasteiger charge is 2.20. The first-order valence-corrected chi connectivity index (χ1v) is 7.05. The van der Waals surface area contributed by atoms with Gasteiger partial charge in [-0.3, -0.25) is 4.79 Å². The number of hydrogen-bond donors (Lipinski definition) is 2. The van der Waals surface area contributed by atoms with Crippen molar-refractivity contribution in [3.63, 3.8) is 0 Å². The van der Waals surface area contributed by atoms with Crippen LogP contribution in [-0.2, 0) is 4.79 Å². The number of likely N-dealkylation sites (N-methyl/N-ethyl adjacent to an activating group) is 1. The molecule has 2 rings (SSSR count). The standard InChI is InChI=1S/C14H22N4O/c1-3-11(13(19)15-2)17-14-16-9-8-12(18-14)10-6-4-5-7-10/h8-11H,3-7H2,1-2H3,(H,15,19)(H,16,17,18). The minimum atomic E-state index is -0.274. The third kappa shape index (κ3) is 3.43. The topological polar surface area (TPSA) is 66.9 Å². The van der Waals surface area contributed by atoms with E-state index in [1.165, 1.54) is 25.7 Å². The van der Waals surface area contributed by atoms with E-state index in [0.717, 1.165) is 5.69 Å². The Hall–Kier alpha value is -1.65. The van der Waals surface area contributed by atoms with Gasteiger partial charge in [0.25, 0.3) is 0 Å². The Morgan fingerprint density at radius 2 is 2.21 bits per heavy atom. The zero-order valence-electron chi connectivity index (χ0n) is 11.6. The second-order valence-electron chi connectivity index (χ2n) is 5.01. The normalized spacial score (nSPS) is 17.2. The molecule has 1 aliphatic rings. The number of amides is 1. The van der Waals surface area contributed by atoms with E-state index in [1.807, 2.05) is 13.0 Å². The maximum atomic E-state index is 11.7. The molecule has 5 nitrogen and oxygen atoms in total. The van der Waals surface area contributed by atoms with Crippen LogP contribution in [0.15, 0.2) is 12.3 Å². The van der Waals surface area contributed by atoms with Crippen molar-refractivity contribution in [3.8, 4) is 0 Å². The summed E-state index contributed by atoms with van der Waals surface area (Å²) in [6.07, 6.45) is 7.48. The molecule has 1 unspecified atom stereocenters. The van der Waals surface area contributed by atoms with Gasteiger partial charge in [0.05, 0.1) is 0 Å². The highest BCUT2D eigenvalue weighted by molar-refractivity contribution is 5.83. The monoisotopic (exact) mass is 262 g/mol. The molecule has 1 fully saturated rings. The van der Waals surface area contributed by atoms with Crippen LogP contribution in [0.3, 0.4) is 0 Å². The zero-order chi connectivity index (χ0) is 13.7. The molecule has 1 aliphatic carbocycles. The highest BCUT2D eigenvalue weighted by Crippen LogP contribution is 2.32. The summed E-state index contributed by atoms with van der Waals surface area (Å²) < 4.78 is 0. The van der Waals surface area contributed by atoms with Gasteiger partial charge in [0, 0.05) is 24.9 Å². The summed E-state index contributed by atoms with van der Waals surface area (Å²) in [4.78, 5) is 20.4. The van der Waals surface area contributed by atoms with Crippen molar-refractivity contribution in [1.29, 1.82) is 0 Å². The van der Waals surface area contributed by atoms with E-state index in [4.69, 9.17) is 0 Å². The van der Waals surface area contributed by atoms with Crippen LogP contribution in [0.25, 0.3) is 0 Å². The molecule has 0 aromatic carbocycles. The first-order valence-electron chi connectivity index (χ1n) is 7.05. The van der Waals surface area contributed by atoms with Gasteiger partial charge in [-0.1, -0.05) is 19.8 Å². The Morgan fingerprint density at radius 3 is 2.84 bits per heavy atom. The highest BCUT2D eigenvalue weighted by atomic mass is 16.2. The number of aromatic nitrogens is 2. The predicted octanol–water partition coefficient (Wildman–Crippen LogP) is 2.07. The molecule has 0 aliphatic heterocycles. The number of nitrogens with zero attached hydrogens (tertiary/aromatic N) is 2. The van der Waals surface area contributed by atoms with Gasteiger partial charge in [0.15, 0.2) is 0 Å². The van der Waals surface area contributed by atoms with Crippen molar-refractivity contribution in [3.05, 3.63) is 18.0 Å². The average molecular weight is 262 g/mol. The fourth-order valence-corrected chi connectivity index (χ4v) is 2.57. The van der Waals surface area contributed by atoms with E-state index in [9.17, 15) is 4.79 Å². The van der Waals surface area contributed by atoms with Crippen LogP contribution in [0, 0.1) is 0 Å². The second kappa shape index (κ2) is 6.50. The van der Waals surface area contributed by atoms with E-state index < -0.39 is 0 Å². The molecule has 1 aromatic rings. The molecule has 0 bridgehead atoms. The van der Waals surface area contributed by atoms with Crippen LogP contribution >= 0.6 is 0 Å². The van der Waals surface area contributed by atoms with E-state index in [2.05, 4.69) is 20.6 Å². The SMILES string of the molecule is CCC(Nc1nccc(C2CCCC2)n1)C(=O)NC. The van der Waals surface area contributed by atoms with Gasteiger partial charge in [-0.15, -0.1) is 0 Å². The lowest BCUT2D eigenvalue weighted by molar-refractivity contribution is -0.121. The zero-order valence-corrected chi connectivity index (χ0v) is 11.6. The Labute approximate surface area is 114 Å². The fourth-order valence-electron chi connectivity index (χ4n) is 2.57. The van der Waals surface area contributed by atoms with Crippen molar-refractivity contribution >= 4 is 11.9 Å². The largest absolute Gasteiger partial charge is 0.357 e. The van der Waals surface area contributed by atoms with E-state index in [-0.39, 0.29) is 11.9 Å². The molecule has 1 heterocycles. The molecule has 2 N–H and O–H groups in total. The summed E-state index contributed by atoms with van der Waals surface area (Å²) in [6.45, 7) is 1.97. The first-order chi connectivity index (χ1) is 9.24. The number of nitrogens with one attached hydrogen (secondary N) is 2. The van der Waals surface area contributed by atoms with E-state index >= 15 is 0 Å². The lowest BCUT2D eigenvalue weighted by atomic mass is 10.0. The van der Waals surface area contributed by atoms with Crippen LogP contribution in [0.5, 0.6) is 0 Å². The van der Waals surface area contributed by atoms with Crippen LogP contribution in [0.1, 0.15) is 50.6 Å². The summed E-state index contributed by atoms with van der Waals surface area (Å²) in [5, 5.41) is 5.76. The van der Waals surface area contributed by atoms with Gasteiger partial charge >= 0.3 is 0 Å². The Balaban J connectivity index is 2.07. The summed E-state index contributed by atoms with van der Waals surface area (Å²) in [6, 6.07) is 1.71. The minimum absolute atomic E-state index is 0.0302. The summed E-state index contributed by atoms with van der Waals surface area (Å²) in [7, 11) is 1.64. The first kappa shape index (κ1) is 13.8. The Morgan fingerprint density at radius 1 is 1.47 bits per heavy atom. The number of hydrogen-bond acceptors (Lipinski definition) is 4. The van der Waals surface area contributed by atoms with Gasteiger partial charge in [0.1, 0.15) is 6.04 Å². The van der Waals surface area contributed by atoms with Gasteiger partial charge in [-0.2, -0.15) is 0 Å². The smallest absolute Gasteiger partial charge is 0.242 e. The lowest BCUT2D eigenvalue weighted by Gasteiger charge is -2.16. The third-order valence-corrected chi connectivity index (χ3v) is 3.73. The Bertz CT molecular complexity index is 429. The van der Waals surface area contributed by atoms with Crippen molar-refractivity contribution in [2.75, 3.05) is 12.4 Å². The van der Waals surface area contributed by atoms with E-state index in [0.29, 0.717) is 18.3 Å². The minimum Gasteiger partial charge on any atom is -0.357 e. The second-order valence-corrected chi connectivity index (χ2v) is 5.01. The lowest BCUT2D eigenvalue weighted by Crippen LogP contribution is -2.37. The van der Waals surface area contributed by atoms with Gasteiger partial charge in [-0.25, -0.2) is 9.97 Å². The molecule has 19 heavy (non-hydrogen) atoms. The van der Waals surface area contributed by atoms with E-state index in [1.54, 1.807) is 13.2 Å². The number of carbonyl (C=O) groups excluding carboxylic acids is 1. The molecule has 1 amide bonds. The van der Waals surface area contributed by atoms with Crippen LogP contribution in [0.4, 0.5) is 5.95 Å². The van der Waals surface area contributed by atoms with Gasteiger partial charge < -0.3 is 10.6 Å². The summed E-state index contributed by atoms with van der Waals surface area (Å²) >= 11 is 0. The Kier molecular flexibility index (Phi) is 4.71. The molecule has 1 aromatic heterocycles. The van der Waals surface area contributed by atoms with Gasteiger partial charge in [-0.05, 0) is 25.3 Å². The number of carbonyl (C=O) groups is 1. The summed E-state index contributed by atoms with van der Waals surface area (Å²) in [5.74, 6) is 1.08. The van der Waals surface area contributed by atoms with Crippen molar-refractivity contribution in [1.82, 2.24) is 15.3 Å².